The molecule has 5 heteroatoms. The average molecular weight is 263 g/mol. The SMILES string of the molecule is Cc1cc(F)ccc1Oc1nccc(C#N)c1Cl. The first-order chi connectivity index (χ1) is 8.61. The Balaban J connectivity index is 2.38. The Morgan fingerprint density at radius 1 is 1.39 bits per heavy atom. The van der Waals surface area contributed by atoms with Gasteiger partial charge in [-0.05, 0) is 36.8 Å². The van der Waals surface area contributed by atoms with Crippen LogP contribution in [0.3, 0.4) is 0 Å². The van der Waals surface area contributed by atoms with Crippen molar-refractivity contribution in [1.82, 2.24) is 4.98 Å². The molecule has 0 aliphatic heterocycles. The van der Waals surface area contributed by atoms with E-state index in [1.807, 2.05) is 6.07 Å². The zero-order valence-corrected chi connectivity index (χ0v) is 10.2. The van der Waals surface area contributed by atoms with E-state index < -0.39 is 0 Å². The molecular weight excluding hydrogens is 255 g/mol. The number of hydrogen-bond donors (Lipinski definition) is 0. The Morgan fingerprint density at radius 2 is 2.17 bits per heavy atom. The van der Waals surface area contributed by atoms with Gasteiger partial charge in [0, 0.05) is 6.20 Å². The lowest BCUT2D eigenvalue weighted by Gasteiger charge is -2.09. The third-order valence-electron chi connectivity index (χ3n) is 2.32. The molecule has 0 amide bonds. The van der Waals surface area contributed by atoms with Crippen molar-refractivity contribution in [2.75, 3.05) is 0 Å². The van der Waals surface area contributed by atoms with Crippen molar-refractivity contribution in [3.63, 3.8) is 0 Å². The molecule has 1 aromatic heterocycles. The lowest BCUT2D eigenvalue weighted by atomic mass is 10.2. The van der Waals surface area contributed by atoms with Crippen LogP contribution in [0.15, 0.2) is 30.5 Å². The molecule has 0 spiro atoms. The third kappa shape index (κ3) is 2.41. The summed E-state index contributed by atoms with van der Waals surface area (Å²) in [7, 11) is 0. The first kappa shape index (κ1) is 12.3. The van der Waals surface area contributed by atoms with E-state index in [0.29, 0.717) is 11.3 Å². The molecule has 0 unspecified atom stereocenters. The maximum Gasteiger partial charge on any atom is 0.239 e. The maximum atomic E-state index is 12.9. The van der Waals surface area contributed by atoms with Crippen molar-refractivity contribution >= 4 is 11.6 Å². The summed E-state index contributed by atoms with van der Waals surface area (Å²) in [5.41, 5.74) is 0.900. The molecule has 1 aromatic carbocycles. The second kappa shape index (κ2) is 5.03. The quantitative estimate of drug-likeness (QED) is 0.826. The molecule has 3 nitrogen and oxygen atoms in total. The van der Waals surface area contributed by atoms with E-state index in [9.17, 15) is 4.39 Å². The largest absolute Gasteiger partial charge is 0.437 e. The predicted molar refractivity (Wildman–Crippen MR) is 65.2 cm³/mol. The zero-order valence-electron chi connectivity index (χ0n) is 9.45. The van der Waals surface area contributed by atoms with Crippen LogP contribution in [0.25, 0.3) is 0 Å². The molecule has 0 aliphatic carbocycles. The Bertz CT molecular complexity index is 637. The van der Waals surface area contributed by atoms with Crippen molar-refractivity contribution in [3.05, 3.63) is 52.4 Å². The molecular formula is C13H8ClFN2O. The lowest BCUT2D eigenvalue weighted by Crippen LogP contribution is -1.93. The minimum atomic E-state index is -0.343. The molecule has 0 radical (unpaired) electrons. The molecule has 0 atom stereocenters. The average Bonchev–Trinajstić information content (AvgIpc) is 2.35. The summed E-state index contributed by atoms with van der Waals surface area (Å²) in [4.78, 5) is 3.95. The van der Waals surface area contributed by atoms with Crippen molar-refractivity contribution in [2.24, 2.45) is 0 Å². The highest BCUT2D eigenvalue weighted by molar-refractivity contribution is 6.33. The second-order valence-corrected chi connectivity index (χ2v) is 3.98. The fourth-order valence-corrected chi connectivity index (χ4v) is 1.61. The molecule has 18 heavy (non-hydrogen) atoms. The van der Waals surface area contributed by atoms with Gasteiger partial charge in [-0.25, -0.2) is 9.37 Å². The van der Waals surface area contributed by atoms with Gasteiger partial charge in [0.05, 0.1) is 5.56 Å². The Hall–Kier alpha value is -2.12. The standard InChI is InChI=1S/C13H8ClFN2O/c1-8-6-10(15)2-3-11(8)18-13-12(14)9(7-16)4-5-17-13/h2-6H,1H3. The van der Waals surface area contributed by atoms with Crippen LogP contribution in [0.2, 0.25) is 5.02 Å². The predicted octanol–water partition coefficient (Wildman–Crippen LogP) is 3.85. The second-order valence-electron chi connectivity index (χ2n) is 3.60. The molecule has 0 bridgehead atoms. The molecule has 1 heterocycles. The van der Waals surface area contributed by atoms with E-state index in [1.165, 1.54) is 30.5 Å². The molecule has 0 saturated carbocycles. The summed E-state index contributed by atoms with van der Waals surface area (Å²) in [6.07, 6.45) is 1.43. The summed E-state index contributed by atoms with van der Waals surface area (Å²) in [5, 5.41) is 8.97. The summed E-state index contributed by atoms with van der Waals surface area (Å²) >= 11 is 5.96. The van der Waals surface area contributed by atoms with Crippen LogP contribution in [-0.2, 0) is 0 Å². The molecule has 0 saturated heterocycles. The Labute approximate surface area is 108 Å². The van der Waals surface area contributed by atoms with E-state index >= 15 is 0 Å². The number of halogens is 2. The van der Waals surface area contributed by atoms with E-state index in [-0.39, 0.29) is 22.3 Å². The number of nitriles is 1. The fraction of sp³-hybridized carbons (Fsp3) is 0.0769. The smallest absolute Gasteiger partial charge is 0.239 e. The number of nitrogens with zero attached hydrogens (tertiary/aromatic N) is 2. The molecule has 0 fully saturated rings. The number of aromatic nitrogens is 1. The van der Waals surface area contributed by atoms with Gasteiger partial charge in [0.1, 0.15) is 22.7 Å². The van der Waals surface area contributed by atoms with E-state index in [0.717, 1.165) is 0 Å². The monoisotopic (exact) mass is 262 g/mol. The van der Waals surface area contributed by atoms with Gasteiger partial charge in [0.15, 0.2) is 0 Å². The number of benzene rings is 1. The summed E-state index contributed by atoms with van der Waals surface area (Å²) in [6, 6.07) is 7.54. The van der Waals surface area contributed by atoms with Gasteiger partial charge in [0.25, 0.3) is 0 Å². The lowest BCUT2D eigenvalue weighted by molar-refractivity contribution is 0.457. The van der Waals surface area contributed by atoms with Crippen molar-refractivity contribution in [2.45, 2.75) is 6.92 Å². The first-order valence-electron chi connectivity index (χ1n) is 5.10. The molecule has 90 valence electrons. The summed E-state index contributed by atoms with van der Waals surface area (Å²) in [5.74, 6) is 0.232. The first-order valence-corrected chi connectivity index (χ1v) is 5.48. The number of hydrogen-bond acceptors (Lipinski definition) is 3. The highest BCUT2D eigenvalue weighted by Gasteiger charge is 2.11. The molecule has 2 aromatic rings. The minimum Gasteiger partial charge on any atom is -0.437 e. The van der Waals surface area contributed by atoms with Crippen LogP contribution in [0.1, 0.15) is 11.1 Å². The third-order valence-corrected chi connectivity index (χ3v) is 2.69. The van der Waals surface area contributed by atoms with Gasteiger partial charge in [-0.1, -0.05) is 11.6 Å². The topological polar surface area (TPSA) is 45.9 Å². The van der Waals surface area contributed by atoms with Gasteiger partial charge in [0.2, 0.25) is 5.88 Å². The van der Waals surface area contributed by atoms with Crippen LogP contribution in [0.4, 0.5) is 4.39 Å². The highest BCUT2D eigenvalue weighted by atomic mass is 35.5. The molecule has 2 rings (SSSR count). The van der Waals surface area contributed by atoms with E-state index in [2.05, 4.69) is 4.98 Å². The number of ether oxygens (including phenoxy) is 1. The van der Waals surface area contributed by atoms with Crippen molar-refractivity contribution in [1.29, 1.82) is 5.26 Å². The van der Waals surface area contributed by atoms with Crippen LogP contribution in [-0.4, -0.2) is 4.98 Å². The van der Waals surface area contributed by atoms with Crippen molar-refractivity contribution in [3.8, 4) is 17.7 Å². The Morgan fingerprint density at radius 3 is 2.83 bits per heavy atom. The van der Waals surface area contributed by atoms with Gasteiger partial charge in [-0.15, -0.1) is 0 Å². The van der Waals surface area contributed by atoms with E-state index in [1.54, 1.807) is 6.92 Å². The normalized spacial score (nSPS) is 9.89. The summed E-state index contributed by atoms with van der Waals surface area (Å²) < 4.78 is 18.4. The maximum absolute atomic E-state index is 12.9. The van der Waals surface area contributed by atoms with Crippen LogP contribution >= 0.6 is 11.6 Å². The van der Waals surface area contributed by atoms with Crippen LogP contribution in [0, 0.1) is 24.1 Å². The minimum absolute atomic E-state index is 0.130. The van der Waals surface area contributed by atoms with Crippen LogP contribution in [0.5, 0.6) is 11.6 Å². The fourth-order valence-electron chi connectivity index (χ4n) is 1.41. The van der Waals surface area contributed by atoms with Gasteiger partial charge >= 0.3 is 0 Å². The van der Waals surface area contributed by atoms with Gasteiger partial charge < -0.3 is 4.74 Å². The van der Waals surface area contributed by atoms with Crippen LogP contribution < -0.4 is 4.74 Å². The Kier molecular flexibility index (Phi) is 3.45. The summed E-state index contributed by atoms with van der Waals surface area (Å²) in [6.45, 7) is 1.71. The zero-order chi connectivity index (χ0) is 13.1. The van der Waals surface area contributed by atoms with E-state index in [4.69, 9.17) is 21.6 Å². The number of rotatable bonds is 2. The number of aryl methyl sites for hydroxylation is 1. The number of pyridine rings is 1. The van der Waals surface area contributed by atoms with Gasteiger partial charge in [-0.2, -0.15) is 5.26 Å². The highest BCUT2D eigenvalue weighted by Crippen LogP contribution is 2.31. The molecule has 0 N–H and O–H groups in total. The van der Waals surface area contributed by atoms with Crippen molar-refractivity contribution < 1.29 is 9.13 Å². The molecule has 0 aliphatic rings. The van der Waals surface area contributed by atoms with Gasteiger partial charge in [-0.3, -0.25) is 0 Å².